The molecule has 150 valence electrons. The van der Waals surface area contributed by atoms with Gasteiger partial charge in [-0.25, -0.2) is 0 Å². The molecule has 2 bridgehead atoms. The number of aromatic amines is 1. The number of nitrogens with zero attached hydrogens (tertiary/aromatic N) is 3. The number of rotatable bonds is 5. The lowest BCUT2D eigenvalue weighted by Crippen LogP contribution is -2.54. The maximum atomic E-state index is 10.4. The van der Waals surface area contributed by atoms with Crippen LogP contribution in [0, 0.1) is 5.92 Å². The van der Waals surface area contributed by atoms with E-state index >= 15 is 0 Å². The molecular formula is C21H24N6O2. The Hall–Kier alpha value is -2.97. The number of aromatic hydroxyl groups is 1. The van der Waals surface area contributed by atoms with Crippen molar-refractivity contribution in [1.82, 2.24) is 25.7 Å². The van der Waals surface area contributed by atoms with Crippen molar-refractivity contribution >= 4 is 5.82 Å². The van der Waals surface area contributed by atoms with Gasteiger partial charge in [0.25, 0.3) is 0 Å². The number of piperidine rings is 1. The maximum absolute atomic E-state index is 10.4. The summed E-state index contributed by atoms with van der Waals surface area (Å²) in [4.78, 5) is 0. The first kappa shape index (κ1) is 18.1. The summed E-state index contributed by atoms with van der Waals surface area (Å²) in [6, 6.07) is 10.2. The molecule has 29 heavy (non-hydrogen) atoms. The highest BCUT2D eigenvalue weighted by Gasteiger charge is 2.31. The monoisotopic (exact) mass is 392 g/mol. The first-order valence-electron chi connectivity index (χ1n) is 9.98. The Morgan fingerprint density at radius 1 is 1.07 bits per heavy atom. The molecule has 2 saturated heterocycles. The van der Waals surface area contributed by atoms with Gasteiger partial charge in [-0.2, -0.15) is 5.10 Å². The van der Waals surface area contributed by atoms with Gasteiger partial charge in [0.2, 0.25) is 0 Å². The second-order valence-corrected chi connectivity index (χ2v) is 7.84. The molecule has 2 aromatic heterocycles. The fourth-order valence-electron chi connectivity index (χ4n) is 4.28. The summed E-state index contributed by atoms with van der Waals surface area (Å²) in [5, 5.41) is 32.8. The third-order valence-electron chi connectivity index (χ3n) is 5.69. The molecule has 0 saturated carbocycles. The zero-order valence-electron chi connectivity index (χ0n) is 16.0. The predicted octanol–water partition coefficient (Wildman–Crippen LogP) is 2.42. The van der Waals surface area contributed by atoms with Gasteiger partial charge in [0, 0.05) is 36.0 Å². The van der Waals surface area contributed by atoms with Gasteiger partial charge in [0.15, 0.2) is 0 Å². The second kappa shape index (κ2) is 7.81. The number of morpholine rings is 1. The molecule has 1 aromatic carbocycles. The Balaban J connectivity index is 1.23. The smallest absolute Gasteiger partial charge is 0.148 e. The van der Waals surface area contributed by atoms with Crippen LogP contribution in [0.15, 0.2) is 42.7 Å². The second-order valence-electron chi connectivity index (χ2n) is 7.84. The van der Waals surface area contributed by atoms with E-state index in [2.05, 4.69) is 31.0 Å². The van der Waals surface area contributed by atoms with E-state index in [0.29, 0.717) is 29.3 Å². The van der Waals surface area contributed by atoms with Gasteiger partial charge in [-0.15, -0.1) is 10.2 Å². The zero-order chi connectivity index (χ0) is 19.6. The molecule has 4 heterocycles. The van der Waals surface area contributed by atoms with Gasteiger partial charge in [0.1, 0.15) is 11.6 Å². The van der Waals surface area contributed by atoms with E-state index in [1.807, 2.05) is 24.3 Å². The number of phenols is 1. The predicted molar refractivity (Wildman–Crippen MR) is 109 cm³/mol. The summed E-state index contributed by atoms with van der Waals surface area (Å²) >= 11 is 0. The number of nitrogens with one attached hydrogen (secondary N) is 3. The minimum Gasteiger partial charge on any atom is -0.507 e. The van der Waals surface area contributed by atoms with E-state index < -0.39 is 0 Å². The van der Waals surface area contributed by atoms with Gasteiger partial charge in [-0.1, -0.05) is 6.07 Å². The van der Waals surface area contributed by atoms with E-state index in [-0.39, 0.29) is 5.75 Å². The fraction of sp³-hybridized carbons (Fsp3) is 0.381. The van der Waals surface area contributed by atoms with Crippen LogP contribution in [-0.2, 0) is 4.74 Å². The van der Waals surface area contributed by atoms with E-state index in [4.69, 9.17) is 4.74 Å². The normalized spacial score (nSPS) is 23.7. The highest BCUT2D eigenvalue weighted by Crippen LogP contribution is 2.32. The number of H-pyrrole nitrogens is 1. The lowest BCUT2D eigenvalue weighted by molar-refractivity contribution is 0.00991. The number of phenolic OH excluding ortho intramolecular Hbond substituents is 1. The van der Waals surface area contributed by atoms with Crippen molar-refractivity contribution in [3.63, 3.8) is 0 Å². The number of benzene rings is 1. The zero-order valence-corrected chi connectivity index (χ0v) is 16.0. The van der Waals surface area contributed by atoms with Crippen LogP contribution in [0.2, 0.25) is 0 Å². The molecule has 8 nitrogen and oxygen atoms in total. The fourth-order valence-corrected chi connectivity index (χ4v) is 4.28. The van der Waals surface area contributed by atoms with E-state index in [9.17, 15) is 5.11 Å². The van der Waals surface area contributed by atoms with Gasteiger partial charge in [0.05, 0.1) is 25.1 Å². The topological polar surface area (TPSA) is 108 Å². The first-order valence-corrected chi connectivity index (χ1v) is 9.98. The third kappa shape index (κ3) is 3.94. The number of hydrogen-bond acceptors (Lipinski definition) is 7. The molecule has 3 aromatic rings. The average molecular weight is 392 g/mol. The summed E-state index contributed by atoms with van der Waals surface area (Å²) in [5.74, 6) is 1.53. The Kier molecular flexibility index (Phi) is 4.87. The Morgan fingerprint density at radius 3 is 2.62 bits per heavy atom. The highest BCUT2D eigenvalue weighted by atomic mass is 16.5. The van der Waals surface area contributed by atoms with E-state index in [1.165, 1.54) is 0 Å². The quantitative estimate of drug-likeness (QED) is 0.528. The maximum Gasteiger partial charge on any atom is 0.148 e. The molecule has 0 spiro atoms. The number of fused-ring (bicyclic) bond motifs is 2. The van der Waals surface area contributed by atoms with Gasteiger partial charge in [-0.3, -0.25) is 5.10 Å². The summed E-state index contributed by atoms with van der Waals surface area (Å²) in [5.41, 5.74) is 3.11. The van der Waals surface area contributed by atoms with Crippen molar-refractivity contribution in [2.24, 2.45) is 5.92 Å². The van der Waals surface area contributed by atoms with Crippen LogP contribution in [0.25, 0.3) is 22.4 Å². The number of aromatic nitrogens is 4. The van der Waals surface area contributed by atoms with Crippen molar-refractivity contribution in [2.75, 3.05) is 25.1 Å². The average Bonchev–Trinajstić information content (AvgIpc) is 3.27. The molecule has 4 N–H and O–H groups in total. The minimum absolute atomic E-state index is 0.169. The van der Waals surface area contributed by atoms with E-state index in [0.717, 1.165) is 49.5 Å². The molecule has 0 radical (unpaired) electrons. The van der Waals surface area contributed by atoms with Crippen LogP contribution in [0.1, 0.15) is 12.8 Å². The van der Waals surface area contributed by atoms with Gasteiger partial charge >= 0.3 is 0 Å². The molecule has 2 unspecified atom stereocenters. The lowest BCUT2D eigenvalue weighted by atomic mass is 9.87. The number of anilines is 1. The Morgan fingerprint density at radius 2 is 1.93 bits per heavy atom. The van der Waals surface area contributed by atoms with Crippen LogP contribution < -0.4 is 10.6 Å². The Labute approximate surface area is 168 Å². The molecule has 8 heteroatoms. The Bertz CT molecular complexity index is 948. The van der Waals surface area contributed by atoms with Crippen molar-refractivity contribution < 1.29 is 9.84 Å². The van der Waals surface area contributed by atoms with Crippen LogP contribution in [0.4, 0.5) is 5.82 Å². The summed E-state index contributed by atoms with van der Waals surface area (Å²) < 4.78 is 5.61. The standard InChI is InChI=1S/C21H24N6O2/c28-20-7-14(15-9-23-24-10-15)1-2-18(20)19-3-4-21(27-26-19)22-8-13-5-16-11-29-12-17(6-13)25-16/h1-4,7,9-10,13,16-17,25,28H,5-6,8,11-12H2,(H,22,27)(H,23,24). The molecular weight excluding hydrogens is 368 g/mol. The van der Waals surface area contributed by atoms with Crippen LogP contribution in [0.3, 0.4) is 0 Å². The molecule has 2 aliphatic heterocycles. The third-order valence-corrected chi connectivity index (χ3v) is 5.69. The molecule has 5 rings (SSSR count). The summed E-state index contributed by atoms with van der Waals surface area (Å²) in [6.07, 6.45) is 5.74. The molecule has 2 aliphatic rings. The van der Waals surface area contributed by atoms with Gasteiger partial charge in [-0.05, 0) is 48.6 Å². The van der Waals surface area contributed by atoms with Crippen LogP contribution in [-0.4, -0.2) is 57.3 Å². The van der Waals surface area contributed by atoms with Crippen LogP contribution in [0.5, 0.6) is 5.75 Å². The highest BCUT2D eigenvalue weighted by molar-refractivity contribution is 5.73. The van der Waals surface area contributed by atoms with Crippen molar-refractivity contribution in [3.8, 4) is 28.1 Å². The largest absolute Gasteiger partial charge is 0.507 e. The van der Waals surface area contributed by atoms with E-state index in [1.54, 1.807) is 18.5 Å². The first-order chi connectivity index (χ1) is 14.2. The summed E-state index contributed by atoms with van der Waals surface area (Å²) in [6.45, 7) is 2.50. The van der Waals surface area contributed by atoms with Crippen LogP contribution >= 0.6 is 0 Å². The SMILES string of the molecule is Oc1cc(-c2cn[nH]c2)ccc1-c1ccc(NCC2CC3COCC(C2)N3)nn1. The molecule has 0 amide bonds. The van der Waals surface area contributed by atoms with Crippen molar-refractivity contribution in [3.05, 3.63) is 42.7 Å². The molecule has 2 atom stereocenters. The van der Waals surface area contributed by atoms with Crippen molar-refractivity contribution in [1.29, 1.82) is 0 Å². The molecule has 0 aliphatic carbocycles. The number of hydrogen-bond donors (Lipinski definition) is 4. The summed E-state index contributed by atoms with van der Waals surface area (Å²) in [7, 11) is 0. The lowest BCUT2D eigenvalue weighted by Gasteiger charge is -2.40. The minimum atomic E-state index is 0.169. The van der Waals surface area contributed by atoms with Crippen molar-refractivity contribution in [2.45, 2.75) is 24.9 Å². The number of ether oxygens (including phenoxy) is 1. The van der Waals surface area contributed by atoms with Gasteiger partial charge < -0.3 is 20.5 Å². The molecule has 2 fully saturated rings.